The lowest BCUT2D eigenvalue weighted by atomic mass is 9.86. The molecule has 0 aliphatic carbocycles. The Bertz CT molecular complexity index is 245. The number of aliphatic carboxylic acids is 1. The van der Waals surface area contributed by atoms with Crippen LogP contribution in [0.15, 0.2) is 0 Å². The van der Waals surface area contributed by atoms with E-state index in [0.29, 0.717) is 6.42 Å². The Hall–Kier alpha value is -1.04. The van der Waals surface area contributed by atoms with Crippen molar-refractivity contribution in [3.63, 3.8) is 0 Å². The van der Waals surface area contributed by atoms with Crippen LogP contribution in [-0.2, 0) is 4.79 Å². The minimum Gasteiger partial charge on any atom is -0.480 e. The van der Waals surface area contributed by atoms with Gasteiger partial charge in [0, 0.05) is 0 Å². The number of hydrogen-bond acceptors (Lipinski definition) is 2. The SMILES string of the molecule is CCCCCCCCCC(C)(C#N)C(=O)O. The summed E-state index contributed by atoms with van der Waals surface area (Å²) in [6.45, 7) is 3.69. The van der Waals surface area contributed by atoms with E-state index in [-0.39, 0.29) is 0 Å². The molecule has 92 valence electrons. The van der Waals surface area contributed by atoms with E-state index in [1.54, 1.807) is 0 Å². The Morgan fingerprint density at radius 2 is 1.69 bits per heavy atom. The Morgan fingerprint density at radius 1 is 1.19 bits per heavy atom. The van der Waals surface area contributed by atoms with Crippen LogP contribution >= 0.6 is 0 Å². The number of hydrogen-bond donors (Lipinski definition) is 1. The highest BCUT2D eigenvalue weighted by molar-refractivity contribution is 5.77. The van der Waals surface area contributed by atoms with E-state index in [2.05, 4.69) is 6.92 Å². The van der Waals surface area contributed by atoms with Gasteiger partial charge >= 0.3 is 5.97 Å². The number of carboxylic acids is 1. The van der Waals surface area contributed by atoms with Crippen LogP contribution in [0.1, 0.15) is 65.2 Å². The van der Waals surface area contributed by atoms with Crippen molar-refractivity contribution in [2.24, 2.45) is 5.41 Å². The smallest absolute Gasteiger partial charge is 0.323 e. The standard InChI is InChI=1S/C13H23NO2/c1-3-4-5-6-7-8-9-10-13(2,11-14)12(15)16/h3-10H2,1-2H3,(H,15,16). The van der Waals surface area contributed by atoms with Gasteiger partial charge in [-0.3, -0.25) is 4.79 Å². The van der Waals surface area contributed by atoms with Crippen molar-refractivity contribution < 1.29 is 9.90 Å². The van der Waals surface area contributed by atoms with Crippen molar-refractivity contribution in [2.45, 2.75) is 65.2 Å². The van der Waals surface area contributed by atoms with Crippen molar-refractivity contribution in [1.82, 2.24) is 0 Å². The molecule has 3 heteroatoms. The Labute approximate surface area is 98.5 Å². The van der Waals surface area contributed by atoms with E-state index < -0.39 is 11.4 Å². The van der Waals surface area contributed by atoms with Crippen LogP contribution in [-0.4, -0.2) is 11.1 Å². The number of rotatable bonds is 9. The molecule has 16 heavy (non-hydrogen) atoms. The quantitative estimate of drug-likeness (QED) is 0.608. The van der Waals surface area contributed by atoms with Gasteiger partial charge in [-0.25, -0.2) is 0 Å². The highest BCUT2D eigenvalue weighted by Crippen LogP contribution is 2.24. The van der Waals surface area contributed by atoms with Crippen LogP contribution in [0.4, 0.5) is 0 Å². The number of nitriles is 1. The summed E-state index contributed by atoms with van der Waals surface area (Å²) in [5.41, 5.74) is -1.19. The molecule has 1 unspecified atom stereocenters. The van der Waals surface area contributed by atoms with E-state index >= 15 is 0 Å². The first-order valence-corrected chi connectivity index (χ1v) is 6.21. The van der Waals surface area contributed by atoms with E-state index in [1.807, 2.05) is 6.07 Å². The third kappa shape index (κ3) is 5.75. The third-order valence-corrected chi connectivity index (χ3v) is 3.00. The zero-order valence-electron chi connectivity index (χ0n) is 10.5. The predicted molar refractivity (Wildman–Crippen MR) is 64.0 cm³/mol. The van der Waals surface area contributed by atoms with Crippen molar-refractivity contribution in [3.8, 4) is 6.07 Å². The molecule has 0 aromatic heterocycles. The van der Waals surface area contributed by atoms with Gasteiger partial charge in [0.15, 0.2) is 5.41 Å². The summed E-state index contributed by atoms with van der Waals surface area (Å²) in [5.74, 6) is -0.999. The van der Waals surface area contributed by atoms with Crippen LogP contribution in [0.2, 0.25) is 0 Å². The van der Waals surface area contributed by atoms with Crippen LogP contribution < -0.4 is 0 Å². The van der Waals surface area contributed by atoms with Gasteiger partial charge in [-0.2, -0.15) is 5.26 Å². The first kappa shape index (κ1) is 15.0. The number of nitrogens with zero attached hydrogens (tertiary/aromatic N) is 1. The summed E-state index contributed by atoms with van der Waals surface area (Å²) >= 11 is 0. The Kier molecular flexibility index (Phi) is 7.62. The first-order chi connectivity index (χ1) is 7.56. The molecule has 1 atom stereocenters. The number of carbonyl (C=O) groups is 1. The average molecular weight is 225 g/mol. The van der Waals surface area contributed by atoms with Gasteiger partial charge in [-0.05, 0) is 13.3 Å². The fourth-order valence-electron chi connectivity index (χ4n) is 1.65. The van der Waals surface area contributed by atoms with Crippen molar-refractivity contribution in [3.05, 3.63) is 0 Å². The minimum absolute atomic E-state index is 0.465. The predicted octanol–water partition coefficient (Wildman–Crippen LogP) is 3.74. The zero-order chi connectivity index (χ0) is 12.4. The molecule has 0 amide bonds. The normalized spacial score (nSPS) is 14.1. The van der Waals surface area contributed by atoms with Gasteiger partial charge in [0.25, 0.3) is 0 Å². The van der Waals surface area contributed by atoms with E-state index in [1.165, 1.54) is 32.6 Å². The molecule has 0 aliphatic rings. The van der Waals surface area contributed by atoms with Gasteiger partial charge in [0.1, 0.15) is 0 Å². The molecule has 0 radical (unpaired) electrons. The first-order valence-electron chi connectivity index (χ1n) is 6.21. The molecule has 0 aromatic carbocycles. The molecule has 0 fully saturated rings. The highest BCUT2D eigenvalue weighted by atomic mass is 16.4. The topological polar surface area (TPSA) is 61.1 Å². The maximum absolute atomic E-state index is 10.8. The minimum atomic E-state index is -1.19. The molecule has 0 bridgehead atoms. The molecule has 0 saturated heterocycles. The molecule has 0 aromatic rings. The second-order valence-electron chi connectivity index (χ2n) is 4.62. The summed E-state index contributed by atoms with van der Waals surface area (Å²) < 4.78 is 0. The van der Waals surface area contributed by atoms with Crippen molar-refractivity contribution in [1.29, 1.82) is 5.26 Å². The highest BCUT2D eigenvalue weighted by Gasteiger charge is 2.32. The van der Waals surface area contributed by atoms with Crippen molar-refractivity contribution >= 4 is 5.97 Å². The van der Waals surface area contributed by atoms with E-state index in [9.17, 15) is 4.79 Å². The number of unbranched alkanes of at least 4 members (excludes halogenated alkanes) is 6. The number of carboxylic acid groups (broad SMARTS) is 1. The average Bonchev–Trinajstić information content (AvgIpc) is 2.27. The lowest BCUT2D eigenvalue weighted by molar-refractivity contribution is -0.145. The second kappa shape index (κ2) is 8.15. The zero-order valence-corrected chi connectivity index (χ0v) is 10.5. The van der Waals surface area contributed by atoms with Gasteiger partial charge in [0.05, 0.1) is 6.07 Å². The largest absolute Gasteiger partial charge is 0.480 e. The van der Waals surface area contributed by atoms with E-state index in [0.717, 1.165) is 19.3 Å². The van der Waals surface area contributed by atoms with Crippen LogP contribution in [0.5, 0.6) is 0 Å². The third-order valence-electron chi connectivity index (χ3n) is 3.00. The second-order valence-corrected chi connectivity index (χ2v) is 4.62. The Balaban J connectivity index is 3.58. The molecular formula is C13H23NO2. The lowest BCUT2D eigenvalue weighted by Crippen LogP contribution is -2.25. The van der Waals surface area contributed by atoms with Crippen molar-refractivity contribution in [2.75, 3.05) is 0 Å². The van der Waals surface area contributed by atoms with Crippen LogP contribution in [0.3, 0.4) is 0 Å². The molecule has 1 N–H and O–H groups in total. The molecule has 3 nitrogen and oxygen atoms in total. The van der Waals surface area contributed by atoms with Gasteiger partial charge < -0.3 is 5.11 Å². The van der Waals surface area contributed by atoms with Crippen LogP contribution in [0.25, 0.3) is 0 Å². The molecule has 0 saturated carbocycles. The Morgan fingerprint density at radius 3 is 2.12 bits per heavy atom. The van der Waals surface area contributed by atoms with Crippen LogP contribution in [0, 0.1) is 16.7 Å². The summed E-state index contributed by atoms with van der Waals surface area (Å²) in [7, 11) is 0. The summed E-state index contributed by atoms with van der Waals surface area (Å²) in [5, 5.41) is 17.7. The van der Waals surface area contributed by atoms with Gasteiger partial charge in [-0.15, -0.1) is 0 Å². The lowest BCUT2D eigenvalue weighted by Gasteiger charge is -2.15. The van der Waals surface area contributed by atoms with Gasteiger partial charge in [0.2, 0.25) is 0 Å². The molecule has 0 spiro atoms. The molecule has 0 rings (SSSR count). The summed E-state index contributed by atoms with van der Waals surface area (Å²) in [6.07, 6.45) is 8.51. The fraction of sp³-hybridized carbons (Fsp3) is 0.846. The summed E-state index contributed by atoms with van der Waals surface area (Å²) in [4.78, 5) is 10.8. The molecule has 0 heterocycles. The van der Waals surface area contributed by atoms with E-state index in [4.69, 9.17) is 10.4 Å². The molecule has 0 aliphatic heterocycles. The monoisotopic (exact) mass is 225 g/mol. The maximum atomic E-state index is 10.8. The fourth-order valence-corrected chi connectivity index (χ4v) is 1.65. The molecular weight excluding hydrogens is 202 g/mol. The van der Waals surface area contributed by atoms with Gasteiger partial charge in [-0.1, -0.05) is 51.9 Å². The summed E-state index contributed by atoms with van der Waals surface area (Å²) in [6, 6.07) is 1.89. The maximum Gasteiger partial charge on any atom is 0.323 e.